The van der Waals surface area contributed by atoms with Crippen LogP contribution in [0.1, 0.15) is 47.0 Å². The molecule has 1 saturated carbocycles. The number of ketones is 1. The summed E-state index contributed by atoms with van der Waals surface area (Å²) in [5, 5.41) is 3.04. The van der Waals surface area contributed by atoms with E-state index >= 15 is 0 Å². The van der Waals surface area contributed by atoms with Gasteiger partial charge in [-0.2, -0.15) is 0 Å². The van der Waals surface area contributed by atoms with Crippen LogP contribution < -0.4 is 11.1 Å². The molecule has 1 fully saturated rings. The number of rotatable bonds is 4. The van der Waals surface area contributed by atoms with E-state index in [0.29, 0.717) is 23.7 Å². The molecule has 1 amide bonds. The smallest absolute Gasteiger partial charge is 0.268 e. The summed E-state index contributed by atoms with van der Waals surface area (Å²) in [7, 11) is 1.77. The summed E-state index contributed by atoms with van der Waals surface area (Å²) in [5.74, 6) is 0.215. The van der Waals surface area contributed by atoms with Crippen molar-refractivity contribution in [1.82, 2.24) is 9.88 Å². The van der Waals surface area contributed by atoms with Crippen molar-refractivity contribution in [3.05, 3.63) is 23.5 Å². The predicted octanol–water partition coefficient (Wildman–Crippen LogP) is 1.51. The predicted molar refractivity (Wildman–Crippen MR) is 80.3 cm³/mol. The fraction of sp³-hybridized carbons (Fsp3) is 0.571. The topological polar surface area (TPSA) is 77.1 Å². The molecule has 0 aromatic carbocycles. The number of nitrogens with one attached hydrogen (secondary N) is 1. The second kappa shape index (κ2) is 6.90. The van der Waals surface area contributed by atoms with E-state index in [9.17, 15) is 9.59 Å². The number of hydrogen-bond acceptors (Lipinski definition) is 3. The first-order valence-electron chi connectivity index (χ1n) is 6.71. The summed E-state index contributed by atoms with van der Waals surface area (Å²) >= 11 is 0. The zero-order valence-corrected chi connectivity index (χ0v) is 12.7. The maximum Gasteiger partial charge on any atom is 0.268 e. The van der Waals surface area contributed by atoms with Gasteiger partial charge in [0.05, 0.1) is 0 Å². The maximum absolute atomic E-state index is 12.2. The third kappa shape index (κ3) is 3.41. The minimum Gasteiger partial charge on any atom is -0.348 e. The summed E-state index contributed by atoms with van der Waals surface area (Å²) in [6.07, 6.45) is 4.86. The van der Waals surface area contributed by atoms with Gasteiger partial charge in [-0.1, -0.05) is 6.42 Å². The highest BCUT2D eigenvalue weighted by Gasteiger charge is 2.28. The molecule has 5 nitrogen and oxygen atoms in total. The minimum absolute atomic E-state index is 0. The molecule has 1 aliphatic carbocycles. The number of nitrogens with two attached hydrogens (primary N) is 1. The van der Waals surface area contributed by atoms with Crippen LogP contribution in [-0.4, -0.2) is 28.8 Å². The van der Waals surface area contributed by atoms with Gasteiger partial charge >= 0.3 is 0 Å². The van der Waals surface area contributed by atoms with Gasteiger partial charge in [0.15, 0.2) is 5.78 Å². The lowest BCUT2D eigenvalue weighted by atomic mass is 10.0. The Bertz CT molecular complexity index is 499. The molecule has 0 radical (unpaired) electrons. The Balaban J connectivity index is 0.00000200. The van der Waals surface area contributed by atoms with Gasteiger partial charge in [0, 0.05) is 24.8 Å². The summed E-state index contributed by atoms with van der Waals surface area (Å²) in [6.45, 7) is 2.11. The van der Waals surface area contributed by atoms with Crippen molar-refractivity contribution < 1.29 is 9.59 Å². The molecule has 20 heavy (non-hydrogen) atoms. The quantitative estimate of drug-likeness (QED) is 0.827. The molecule has 2 unspecified atom stereocenters. The lowest BCUT2D eigenvalue weighted by molar-refractivity contribution is 0.0920. The van der Waals surface area contributed by atoms with E-state index in [1.165, 1.54) is 6.92 Å². The normalized spacial score (nSPS) is 21.4. The largest absolute Gasteiger partial charge is 0.348 e. The van der Waals surface area contributed by atoms with Crippen molar-refractivity contribution in [2.75, 3.05) is 6.54 Å². The Morgan fingerprint density at radius 2 is 2.15 bits per heavy atom. The first-order valence-corrected chi connectivity index (χ1v) is 6.71. The molecule has 0 aliphatic heterocycles. The number of aromatic nitrogens is 1. The van der Waals surface area contributed by atoms with Crippen LogP contribution in [0.5, 0.6) is 0 Å². The average molecular weight is 300 g/mol. The first kappa shape index (κ1) is 16.7. The molecule has 0 spiro atoms. The molecule has 0 saturated heterocycles. The molecule has 3 N–H and O–H groups in total. The molecular weight excluding hydrogens is 278 g/mol. The highest BCUT2D eigenvalue weighted by molar-refractivity contribution is 5.99. The van der Waals surface area contributed by atoms with Gasteiger partial charge in [-0.05, 0) is 38.3 Å². The van der Waals surface area contributed by atoms with Gasteiger partial charge in [0.2, 0.25) is 0 Å². The zero-order valence-electron chi connectivity index (χ0n) is 11.9. The van der Waals surface area contributed by atoms with Crippen LogP contribution in [0.15, 0.2) is 12.3 Å². The molecule has 0 bridgehead atoms. The van der Waals surface area contributed by atoms with Crippen molar-refractivity contribution in [2.24, 2.45) is 18.7 Å². The SMILES string of the molecule is CC(=O)c1cc(C(=O)NC2CCCC2CN)n(C)c1.Cl. The minimum atomic E-state index is -0.125. The molecule has 6 heteroatoms. The molecule has 2 atom stereocenters. The van der Waals surface area contributed by atoms with Gasteiger partial charge < -0.3 is 15.6 Å². The van der Waals surface area contributed by atoms with Gasteiger partial charge in [-0.3, -0.25) is 9.59 Å². The van der Waals surface area contributed by atoms with Crippen LogP contribution in [0.25, 0.3) is 0 Å². The van der Waals surface area contributed by atoms with Crippen LogP contribution in [0.3, 0.4) is 0 Å². The Labute approximate surface area is 125 Å². The molecule has 1 aromatic rings. The summed E-state index contributed by atoms with van der Waals surface area (Å²) in [4.78, 5) is 23.5. The summed E-state index contributed by atoms with van der Waals surface area (Å²) < 4.78 is 1.69. The number of amides is 1. The number of carbonyl (C=O) groups is 2. The fourth-order valence-corrected chi connectivity index (χ4v) is 2.73. The number of halogens is 1. The van der Waals surface area contributed by atoms with Gasteiger partial charge in [0.25, 0.3) is 5.91 Å². The third-order valence-corrected chi connectivity index (χ3v) is 3.92. The number of nitrogens with zero attached hydrogens (tertiary/aromatic N) is 1. The number of aryl methyl sites for hydroxylation is 1. The van der Waals surface area contributed by atoms with Crippen molar-refractivity contribution in [2.45, 2.75) is 32.2 Å². The number of carbonyl (C=O) groups excluding carboxylic acids is 2. The Hall–Kier alpha value is -1.33. The van der Waals surface area contributed by atoms with E-state index in [2.05, 4.69) is 5.32 Å². The van der Waals surface area contributed by atoms with E-state index in [0.717, 1.165) is 19.3 Å². The maximum atomic E-state index is 12.2. The van der Waals surface area contributed by atoms with E-state index in [-0.39, 0.29) is 30.1 Å². The second-order valence-corrected chi connectivity index (χ2v) is 5.29. The van der Waals surface area contributed by atoms with E-state index < -0.39 is 0 Å². The molecule has 112 valence electrons. The molecule has 2 rings (SSSR count). The zero-order chi connectivity index (χ0) is 14.0. The Kier molecular flexibility index (Phi) is 5.77. The van der Waals surface area contributed by atoms with Crippen molar-refractivity contribution >= 4 is 24.1 Å². The highest BCUT2D eigenvalue weighted by atomic mass is 35.5. The Morgan fingerprint density at radius 3 is 2.70 bits per heavy atom. The number of Topliss-reactive ketones (excluding diaryl/α,β-unsaturated/α-hetero) is 1. The van der Waals surface area contributed by atoms with Crippen LogP contribution in [0.2, 0.25) is 0 Å². The van der Waals surface area contributed by atoms with Crippen molar-refractivity contribution in [3.8, 4) is 0 Å². The van der Waals surface area contributed by atoms with Crippen LogP contribution in [0, 0.1) is 5.92 Å². The average Bonchev–Trinajstić information content (AvgIpc) is 2.95. The van der Waals surface area contributed by atoms with Crippen LogP contribution in [0.4, 0.5) is 0 Å². The van der Waals surface area contributed by atoms with Gasteiger partial charge in [-0.25, -0.2) is 0 Å². The standard InChI is InChI=1S/C14H21N3O2.ClH/c1-9(18)11-6-13(17(2)8-11)14(19)16-12-5-3-4-10(12)7-15;/h6,8,10,12H,3-5,7,15H2,1-2H3,(H,16,19);1H. The van der Waals surface area contributed by atoms with Crippen molar-refractivity contribution in [3.63, 3.8) is 0 Å². The van der Waals surface area contributed by atoms with E-state index in [1.807, 2.05) is 0 Å². The molecule has 1 heterocycles. The van der Waals surface area contributed by atoms with Crippen LogP contribution in [-0.2, 0) is 7.05 Å². The van der Waals surface area contributed by atoms with Crippen molar-refractivity contribution in [1.29, 1.82) is 0 Å². The highest BCUT2D eigenvalue weighted by Crippen LogP contribution is 2.25. The molecular formula is C14H22ClN3O2. The number of hydrogen-bond donors (Lipinski definition) is 2. The lowest BCUT2D eigenvalue weighted by Gasteiger charge is -2.19. The monoisotopic (exact) mass is 299 g/mol. The van der Waals surface area contributed by atoms with Gasteiger partial charge in [0.1, 0.15) is 5.69 Å². The van der Waals surface area contributed by atoms with E-state index in [4.69, 9.17) is 5.73 Å². The van der Waals surface area contributed by atoms with E-state index in [1.54, 1.807) is 23.9 Å². The fourth-order valence-electron chi connectivity index (χ4n) is 2.73. The van der Waals surface area contributed by atoms with Crippen LogP contribution >= 0.6 is 12.4 Å². The first-order chi connectivity index (χ1) is 9.02. The molecule has 1 aliphatic rings. The second-order valence-electron chi connectivity index (χ2n) is 5.29. The Morgan fingerprint density at radius 1 is 1.45 bits per heavy atom. The molecule has 1 aromatic heterocycles. The third-order valence-electron chi connectivity index (χ3n) is 3.92. The summed E-state index contributed by atoms with van der Waals surface area (Å²) in [6, 6.07) is 1.80. The summed E-state index contributed by atoms with van der Waals surface area (Å²) in [5.41, 5.74) is 6.80. The lowest BCUT2D eigenvalue weighted by Crippen LogP contribution is -2.40. The van der Waals surface area contributed by atoms with Gasteiger partial charge in [-0.15, -0.1) is 12.4 Å².